The van der Waals surface area contributed by atoms with Crippen LogP contribution in [0, 0.1) is 6.92 Å². The van der Waals surface area contributed by atoms with Gasteiger partial charge in [-0.05, 0) is 42.8 Å². The second-order valence-corrected chi connectivity index (χ2v) is 4.80. The first-order valence-electron chi connectivity index (χ1n) is 5.77. The van der Waals surface area contributed by atoms with Gasteiger partial charge in [-0.2, -0.15) is 13.2 Å². The van der Waals surface area contributed by atoms with Crippen molar-refractivity contribution in [3.63, 3.8) is 0 Å². The molecule has 2 aromatic rings. The first kappa shape index (κ1) is 14.5. The van der Waals surface area contributed by atoms with Crippen molar-refractivity contribution in [3.05, 3.63) is 52.5 Å². The standard InChI is InChI=1S/C14H12ClF3N2/c1-8-2-4-10(7-11(8)15)20-13-5-3-9(6-12(13)19)14(16,17)18/h2-7,20H,19H2,1H3. The van der Waals surface area contributed by atoms with Crippen LogP contribution in [0.4, 0.5) is 30.2 Å². The summed E-state index contributed by atoms with van der Waals surface area (Å²) in [5.74, 6) is 0. The van der Waals surface area contributed by atoms with Gasteiger partial charge in [0.15, 0.2) is 0 Å². The molecular formula is C14H12ClF3N2. The minimum atomic E-state index is -4.40. The Balaban J connectivity index is 2.28. The van der Waals surface area contributed by atoms with Crippen molar-refractivity contribution >= 4 is 28.7 Å². The predicted molar refractivity (Wildman–Crippen MR) is 75.3 cm³/mol. The summed E-state index contributed by atoms with van der Waals surface area (Å²) in [5.41, 5.74) is 6.86. The summed E-state index contributed by atoms with van der Waals surface area (Å²) in [7, 11) is 0. The zero-order chi connectivity index (χ0) is 14.9. The second kappa shape index (κ2) is 5.25. The summed E-state index contributed by atoms with van der Waals surface area (Å²) in [6, 6.07) is 8.45. The number of anilines is 3. The number of alkyl halides is 3. The monoisotopic (exact) mass is 300 g/mol. The molecule has 0 amide bonds. The van der Waals surface area contributed by atoms with E-state index in [1.54, 1.807) is 12.1 Å². The van der Waals surface area contributed by atoms with Gasteiger partial charge in [0.1, 0.15) is 0 Å². The van der Waals surface area contributed by atoms with E-state index < -0.39 is 11.7 Å². The zero-order valence-electron chi connectivity index (χ0n) is 10.6. The Morgan fingerprint density at radius 1 is 1.10 bits per heavy atom. The maximum Gasteiger partial charge on any atom is 0.416 e. The molecule has 0 aliphatic heterocycles. The molecule has 0 heterocycles. The van der Waals surface area contributed by atoms with Gasteiger partial charge in [0.2, 0.25) is 0 Å². The van der Waals surface area contributed by atoms with Crippen molar-refractivity contribution in [1.29, 1.82) is 0 Å². The van der Waals surface area contributed by atoms with Crippen molar-refractivity contribution in [3.8, 4) is 0 Å². The highest BCUT2D eigenvalue weighted by atomic mass is 35.5. The van der Waals surface area contributed by atoms with Crippen molar-refractivity contribution in [2.75, 3.05) is 11.1 Å². The lowest BCUT2D eigenvalue weighted by Crippen LogP contribution is -2.06. The Morgan fingerprint density at radius 3 is 2.35 bits per heavy atom. The largest absolute Gasteiger partial charge is 0.416 e. The number of hydrogen-bond acceptors (Lipinski definition) is 2. The summed E-state index contributed by atoms with van der Waals surface area (Å²) in [6.07, 6.45) is -4.40. The van der Waals surface area contributed by atoms with E-state index in [-0.39, 0.29) is 5.69 Å². The van der Waals surface area contributed by atoms with Gasteiger partial charge in [0.25, 0.3) is 0 Å². The van der Waals surface area contributed by atoms with Crippen molar-refractivity contribution in [1.82, 2.24) is 0 Å². The van der Waals surface area contributed by atoms with Crippen LogP contribution in [-0.4, -0.2) is 0 Å². The van der Waals surface area contributed by atoms with E-state index in [1.807, 2.05) is 13.0 Å². The maximum atomic E-state index is 12.5. The number of rotatable bonds is 2. The highest BCUT2D eigenvalue weighted by molar-refractivity contribution is 6.31. The first-order chi connectivity index (χ1) is 9.27. The van der Waals surface area contributed by atoms with E-state index in [2.05, 4.69) is 5.32 Å². The molecule has 0 aliphatic carbocycles. The van der Waals surface area contributed by atoms with Crippen LogP contribution >= 0.6 is 11.6 Å². The molecule has 2 rings (SSSR count). The number of nitrogens with two attached hydrogens (primary N) is 1. The summed E-state index contributed by atoms with van der Waals surface area (Å²) >= 11 is 5.98. The fourth-order valence-corrected chi connectivity index (χ4v) is 1.86. The van der Waals surface area contributed by atoms with E-state index in [0.717, 1.165) is 17.7 Å². The van der Waals surface area contributed by atoms with E-state index in [1.165, 1.54) is 6.07 Å². The van der Waals surface area contributed by atoms with Gasteiger partial charge < -0.3 is 11.1 Å². The van der Waals surface area contributed by atoms with Gasteiger partial charge in [0, 0.05) is 10.7 Å². The van der Waals surface area contributed by atoms with Crippen LogP contribution in [0.5, 0.6) is 0 Å². The van der Waals surface area contributed by atoms with Crippen LogP contribution in [0.15, 0.2) is 36.4 Å². The fourth-order valence-electron chi connectivity index (χ4n) is 1.68. The lowest BCUT2D eigenvalue weighted by atomic mass is 10.1. The Kier molecular flexibility index (Phi) is 3.81. The number of benzene rings is 2. The fraction of sp³-hybridized carbons (Fsp3) is 0.143. The molecule has 0 aliphatic rings. The van der Waals surface area contributed by atoms with Gasteiger partial charge >= 0.3 is 6.18 Å². The molecule has 106 valence electrons. The molecule has 0 bridgehead atoms. The normalized spacial score (nSPS) is 11.4. The third kappa shape index (κ3) is 3.17. The highest BCUT2D eigenvalue weighted by Gasteiger charge is 2.30. The molecule has 0 atom stereocenters. The van der Waals surface area contributed by atoms with Crippen molar-refractivity contribution in [2.45, 2.75) is 13.1 Å². The quantitative estimate of drug-likeness (QED) is 0.767. The lowest BCUT2D eigenvalue weighted by Gasteiger charge is -2.13. The van der Waals surface area contributed by atoms with Gasteiger partial charge in [0.05, 0.1) is 16.9 Å². The van der Waals surface area contributed by atoms with Crippen LogP contribution in [0.2, 0.25) is 5.02 Å². The number of nitrogens with one attached hydrogen (secondary N) is 1. The molecular weight excluding hydrogens is 289 g/mol. The molecule has 0 spiro atoms. The van der Waals surface area contributed by atoms with Gasteiger partial charge in [-0.25, -0.2) is 0 Å². The molecule has 0 saturated heterocycles. The second-order valence-electron chi connectivity index (χ2n) is 4.39. The topological polar surface area (TPSA) is 38.0 Å². The molecule has 20 heavy (non-hydrogen) atoms. The number of hydrogen-bond donors (Lipinski definition) is 2. The Hall–Kier alpha value is -1.88. The molecule has 0 fully saturated rings. The van der Waals surface area contributed by atoms with Gasteiger partial charge in [-0.3, -0.25) is 0 Å². The van der Waals surface area contributed by atoms with E-state index >= 15 is 0 Å². The number of nitrogen functional groups attached to an aromatic ring is 1. The molecule has 0 saturated carbocycles. The molecule has 0 unspecified atom stereocenters. The van der Waals surface area contributed by atoms with Crippen LogP contribution in [0.3, 0.4) is 0 Å². The lowest BCUT2D eigenvalue weighted by molar-refractivity contribution is -0.137. The SMILES string of the molecule is Cc1ccc(Nc2ccc(C(F)(F)F)cc2N)cc1Cl. The molecule has 6 heteroatoms. The summed E-state index contributed by atoms with van der Waals surface area (Å²) in [6.45, 7) is 1.86. The van der Waals surface area contributed by atoms with Crippen molar-refractivity contribution < 1.29 is 13.2 Å². The minimum Gasteiger partial charge on any atom is -0.397 e. The molecule has 0 aromatic heterocycles. The maximum absolute atomic E-state index is 12.5. The zero-order valence-corrected chi connectivity index (χ0v) is 11.3. The first-order valence-corrected chi connectivity index (χ1v) is 6.15. The molecule has 2 nitrogen and oxygen atoms in total. The Bertz CT molecular complexity index is 639. The van der Waals surface area contributed by atoms with Gasteiger partial charge in [-0.15, -0.1) is 0 Å². The minimum absolute atomic E-state index is 0.0246. The number of aryl methyl sites for hydroxylation is 1. The van der Waals surface area contributed by atoms with E-state index in [0.29, 0.717) is 16.4 Å². The average Bonchev–Trinajstić information content (AvgIpc) is 2.35. The van der Waals surface area contributed by atoms with Crippen LogP contribution in [-0.2, 0) is 6.18 Å². The predicted octanol–water partition coefficient (Wildman–Crippen LogP) is 4.99. The van der Waals surface area contributed by atoms with Crippen molar-refractivity contribution in [2.24, 2.45) is 0 Å². The third-order valence-electron chi connectivity index (χ3n) is 2.83. The summed E-state index contributed by atoms with van der Waals surface area (Å²) in [5, 5.41) is 3.51. The molecule has 3 N–H and O–H groups in total. The smallest absolute Gasteiger partial charge is 0.397 e. The van der Waals surface area contributed by atoms with E-state index in [9.17, 15) is 13.2 Å². The summed E-state index contributed by atoms with van der Waals surface area (Å²) in [4.78, 5) is 0. The number of halogens is 4. The Morgan fingerprint density at radius 2 is 1.80 bits per heavy atom. The summed E-state index contributed by atoms with van der Waals surface area (Å²) < 4.78 is 37.6. The van der Waals surface area contributed by atoms with Crippen LogP contribution in [0.25, 0.3) is 0 Å². The average molecular weight is 301 g/mol. The highest BCUT2D eigenvalue weighted by Crippen LogP contribution is 2.34. The van der Waals surface area contributed by atoms with Crippen LogP contribution in [0.1, 0.15) is 11.1 Å². The molecule has 0 radical (unpaired) electrons. The Labute approximate surface area is 119 Å². The third-order valence-corrected chi connectivity index (χ3v) is 3.24. The van der Waals surface area contributed by atoms with Crippen LogP contribution < -0.4 is 11.1 Å². The molecule has 2 aromatic carbocycles. The van der Waals surface area contributed by atoms with Gasteiger partial charge in [-0.1, -0.05) is 17.7 Å². The van der Waals surface area contributed by atoms with E-state index in [4.69, 9.17) is 17.3 Å².